The highest BCUT2D eigenvalue weighted by atomic mass is 79.9. The molecule has 2 amide bonds. The van der Waals surface area contributed by atoms with Crippen LogP contribution in [0.2, 0.25) is 5.02 Å². The van der Waals surface area contributed by atoms with Crippen LogP contribution in [0.15, 0.2) is 82.2 Å². The average molecular weight is 635 g/mol. The van der Waals surface area contributed by atoms with Crippen molar-refractivity contribution in [1.29, 1.82) is 0 Å². The van der Waals surface area contributed by atoms with Gasteiger partial charge in [-0.15, -0.1) is 0 Å². The summed E-state index contributed by atoms with van der Waals surface area (Å²) in [6, 6.07) is 19.4. The fourth-order valence-corrected chi connectivity index (χ4v) is 5.75. The Morgan fingerprint density at radius 1 is 1.03 bits per heavy atom. The molecule has 3 aromatic rings. The van der Waals surface area contributed by atoms with Crippen LogP contribution in [0, 0.1) is 6.92 Å². The van der Waals surface area contributed by atoms with Gasteiger partial charge in [-0.25, -0.2) is 8.42 Å². The number of anilines is 1. The first kappa shape index (κ1) is 30.7. The van der Waals surface area contributed by atoms with E-state index in [1.165, 1.54) is 29.2 Å². The number of amides is 2. The van der Waals surface area contributed by atoms with Crippen molar-refractivity contribution in [3.05, 3.63) is 93.4 Å². The van der Waals surface area contributed by atoms with Crippen molar-refractivity contribution in [2.45, 2.75) is 51.1 Å². The van der Waals surface area contributed by atoms with Crippen LogP contribution in [0.1, 0.15) is 37.8 Å². The third-order valence-electron chi connectivity index (χ3n) is 6.23. The summed E-state index contributed by atoms with van der Waals surface area (Å²) in [7, 11) is -4.14. The molecule has 7 nitrogen and oxygen atoms in total. The lowest BCUT2D eigenvalue weighted by Crippen LogP contribution is -2.51. The van der Waals surface area contributed by atoms with Gasteiger partial charge in [-0.2, -0.15) is 0 Å². The van der Waals surface area contributed by atoms with E-state index in [1.807, 2.05) is 44.2 Å². The maximum atomic E-state index is 13.9. The Morgan fingerprint density at radius 2 is 1.69 bits per heavy atom. The van der Waals surface area contributed by atoms with Crippen LogP contribution in [0.3, 0.4) is 0 Å². The zero-order valence-electron chi connectivity index (χ0n) is 22.2. The summed E-state index contributed by atoms with van der Waals surface area (Å²) in [5.74, 6) is -0.799. The molecule has 0 radical (unpaired) electrons. The minimum absolute atomic E-state index is 0.00558. The Bertz CT molecular complexity index is 1380. The standard InChI is InChI=1S/C29H33BrClN3O4S/c1-4-5-17-32-29(36)22(3)33(19-23-9-11-24(30)12-10-23)28(35)20-34(26-8-6-7-21(2)18-26)39(37,38)27-15-13-25(31)14-16-27/h6-16,18,22H,4-5,17,19-20H2,1-3H3,(H,32,36). The lowest BCUT2D eigenvalue weighted by Gasteiger charge is -2.32. The monoisotopic (exact) mass is 633 g/mol. The van der Waals surface area contributed by atoms with Crippen molar-refractivity contribution in [2.75, 3.05) is 17.4 Å². The van der Waals surface area contributed by atoms with E-state index in [-0.39, 0.29) is 17.3 Å². The molecule has 0 saturated heterocycles. The minimum atomic E-state index is -4.14. The molecule has 1 N–H and O–H groups in total. The second kappa shape index (κ2) is 14.0. The average Bonchev–Trinajstić information content (AvgIpc) is 2.91. The van der Waals surface area contributed by atoms with E-state index in [9.17, 15) is 18.0 Å². The highest BCUT2D eigenvalue weighted by Gasteiger charge is 2.32. The van der Waals surface area contributed by atoms with Gasteiger partial charge in [-0.3, -0.25) is 13.9 Å². The Hall–Kier alpha value is -2.88. The Labute approximate surface area is 244 Å². The lowest BCUT2D eigenvalue weighted by molar-refractivity contribution is -0.139. The van der Waals surface area contributed by atoms with E-state index in [2.05, 4.69) is 21.2 Å². The van der Waals surface area contributed by atoms with Gasteiger partial charge in [0.15, 0.2) is 0 Å². The van der Waals surface area contributed by atoms with Gasteiger partial charge in [0, 0.05) is 22.6 Å². The molecule has 0 spiro atoms. The van der Waals surface area contributed by atoms with Crippen LogP contribution < -0.4 is 9.62 Å². The first-order valence-electron chi connectivity index (χ1n) is 12.7. The summed E-state index contributed by atoms with van der Waals surface area (Å²) in [5, 5.41) is 3.28. The number of carbonyl (C=O) groups is 2. The van der Waals surface area contributed by atoms with Crippen molar-refractivity contribution in [3.63, 3.8) is 0 Å². The van der Waals surface area contributed by atoms with Crippen LogP contribution in [-0.4, -0.2) is 44.3 Å². The maximum Gasteiger partial charge on any atom is 0.264 e. The van der Waals surface area contributed by atoms with E-state index in [1.54, 1.807) is 25.1 Å². The molecule has 0 fully saturated rings. The van der Waals surface area contributed by atoms with E-state index >= 15 is 0 Å². The minimum Gasteiger partial charge on any atom is -0.354 e. The predicted molar refractivity (Wildman–Crippen MR) is 159 cm³/mol. The van der Waals surface area contributed by atoms with Gasteiger partial charge in [0.1, 0.15) is 12.6 Å². The highest BCUT2D eigenvalue weighted by molar-refractivity contribution is 9.10. The van der Waals surface area contributed by atoms with E-state index in [0.717, 1.165) is 32.7 Å². The van der Waals surface area contributed by atoms with Gasteiger partial charge in [0.2, 0.25) is 11.8 Å². The van der Waals surface area contributed by atoms with Crippen LogP contribution in [-0.2, 0) is 26.2 Å². The number of carbonyl (C=O) groups excluding carboxylic acids is 2. The third kappa shape index (κ3) is 8.30. The summed E-state index contributed by atoms with van der Waals surface area (Å²) in [6.45, 7) is 5.68. The van der Waals surface area contributed by atoms with Crippen LogP contribution in [0.4, 0.5) is 5.69 Å². The van der Waals surface area contributed by atoms with Gasteiger partial charge in [-0.1, -0.05) is 65.1 Å². The molecule has 3 rings (SSSR count). The molecule has 10 heteroatoms. The second-order valence-corrected chi connectivity index (χ2v) is 12.5. The quantitative estimate of drug-likeness (QED) is 0.250. The highest BCUT2D eigenvalue weighted by Crippen LogP contribution is 2.26. The molecule has 0 aromatic heterocycles. The third-order valence-corrected chi connectivity index (χ3v) is 8.80. The fraction of sp³-hybridized carbons (Fsp3) is 0.310. The summed E-state index contributed by atoms with van der Waals surface area (Å²) < 4.78 is 29.6. The van der Waals surface area contributed by atoms with Gasteiger partial charge in [0.05, 0.1) is 10.6 Å². The number of halogens is 2. The molecule has 39 heavy (non-hydrogen) atoms. The van der Waals surface area contributed by atoms with Crippen molar-refractivity contribution in [3.8, 4) is 0 Å². The molecule has 0 heterocycles. The number of benzene rings is 3. The molecular formula is C29H33BrClN3O4S. The number of hydrogen-bond acceptors (Lipinski definition) is 4. The Kier molecular flexibility index (Phi) is 11.0. The van der Waals surface area contributed by atoms with Crippen LogP contribution in [0.5, 0.6) is 0 Å². The zero-order chi connectivity index (χ0) is 28.6. The molecule has 0 aliphatic heterocycles. The molecule has 0 aliphatic carbocycles. The van der Waals surface area contributed by atoms with Crippen molar-refractivity contribution >= 4 is 55.1 Å². The van der Waals surface area contributed by atoms with E-state index in [4.69, 9.17) is 11.6 Å². The van der Waals surface area contributed by atoms with E-state index in [0.29, 0.717) is 17.3 Å². The molecule has 0 bridgehead atoms. The largest absolute Gasteiger partial charge is 0.354 e. The topological polar surface area (TPSA) is 86.8 Å². The number of nitrogens with one attached hydrogen (secondary N) is 1. The number of unbranched alkanes of at least 4 members (excludes halogenated alkanes) is 1. The lowest BCUT2D eigenvalue weighted by atomic mass is 10.1. The smallest absolute Gasteiger partial charge is 0.264 e. The first-order chi connectivity index (χ1) is 18.5. The molecule has 0 saturated carbocycles. The molecule has 1 unspecified atom stereocenters. The van der Waals surface area contributed by atoms with Gasteiger partial charge < -0.3 is 10.2 Å². The number of sulfonamides is 1. The Balaban J connectivity index is 1.99. The van der Waals surface area contributed by atoms with Gasteiger partial charge >= 0.3 is 0 Å². The molecule has 3 aromatic carbocycles. The summed E-state index contributed by atoms with van der Waals surface area (Å²) in [5.41, 5.74) is 2.00. The van der Waals surface area contributed by atoms with Crippen molar-refractivity contribution in [2.24, 2.45) is 0 Å². The zero-order valence-corrected chi connectivity index (χ0v) is 25.4. The molecule has 0 aliphatic rings. The SMILES string of the molecule is CCCCNC(=O)C(C)N(Cc1ccc(Br)cc1)C(=O)CN(c1cccc(C)c1)S(=O)(=O)c1ccc(Cl)cc1. The van der Waals surface area contributed by atoms with Gasteiger partial charge in [-0.05, 0) is 79.9 Å². The summed E-state index contributed by atoms with van der Waals surface area (Å²) >= 11 is 9.41. The number of rotatable bonds is 12. The summed E-state index contributed by atoms with van der Waals surface area (Å²) in [4.78, 5) is 28.3. The predicted octanol–water partition coefficient (Wildman–Crippen LogP) is 5.94. The number of hydrogen-bond donors (Lipinski definition) is 1. The number of aryl methyl sites for hydroxylation is 1. The van der Waals surface area contributed by atoms with Gasteiger partial charge in [0.25, 0.3) is 10.0 Å². The number of nitrogens with zero attached hydrogens (tertiary/aromatic N) is 2. The molecule has 1 atom stereocenters. The van der Waals surface area contributed by atoms with Crippen LogP contribution in [0.25, 0.3) is 0 Å². The summed E-state index contributed by atoms with van der Waals surface area (Å²) in [6.07, 6.45) is 1.74. The van der Waals surface area contributed by atoms with Crippen molar-refractivity contribution < 1.29 is 18.0 Å². The van der Waals surface area contributed by atoms with Crippen LogP contribution >= 0.6 is 27.5 Å². The Morgan fingerprint density at radius 3 is 2.31 bits per heavy atom. The van der Waals surface area contributed by atoms with Crippen molar-refractivity contribution in [1.82, 2.24) is 10.2 Å². The normalized spacial score (nSPS) is 12.0. The first-order valence-corrected chi connectivity index (χ1v) is 15.3. The second-order valence-electron chi connectivity index (χ2n) is 9.27. The fourth-order valence-electron chi connectivity index (χ4n) is 3.95. The maximum absolute atomic E-state index is 13.9. The van der Waals surface area contributed by atoms with E-state index < -0.39 is 28.5 Å². The molecular weight excluding hydrogens is 602 g/mol. The molecule has 208 valence electrons.